The van der Waals surface area contributed by atoms with Gasteiger partial charge in [0, 0.05) is 17.3 Å². The van der Waals surface area contributed by atoms with Crippen LogP contribution < -0.4 is 11.3 Å². The maximum absolute atomic E-state index is 5.86. The lowest BCUT2D eigenvalue weighted by Gasteiger charge is -2.15. The van der Waals surface area contributed by atoms with Gasteiger partial charge in [-0.05, 0) is 30.7 Å². The number of benzene rings is 1. The van der Waals surface area contributed by atoms with E-state index in [1.165, 1.54) is 0 Å². The molecule has 1 aromatic carbocycles. The van der Waals surface area contributed by atoms with Crippen molar-refractivity contribution in [3.63, 3.8) is 0 Å². The summed E-state index contributed by atoms with van der Waals surface area (Å²) in [7, 11) is 0. The fraction of sp³-hybridized carbons (Fsp3) is 0.133. The van der Waals surface area contributed by atoms with Crippen molar-refractivity contribution in [2.45, 2.75) is 13.0 Å². The molecule has 0 bridgehead atoms. The second kappa shape index (κ2) is 4.84. The van der Waals surface area contributed by atoms with Crippen LogP contribution in [0.5, 0.6) is 0 Å². The smallest absolute Gasteiger partial charge is 0.134 e. The van der Waals surface area contributed by atoms with E-state index < -0.39 is 0 Å². The number of para-hydroxylation sites is 1. The minimum Gasteiger partial charge on any atom is -0.459 e. The lowest BCUT2D eigenvalue weighted by Crippen LogP contribution is -2.29. The molecule has 0 amide bonds. The van der Waals surface area contributed by atoms with Gasteiger partial charge in [-0.15, -0.1) is 0 Å². The topological polar surface area (TPSA) is 64.1 Å². The van der Waals surface area contributed by atoms with Gasteiger partial charge in [0.25, 0.3) is 0 Å². The van der Waals surface area contributed by atoms with Gasteiger partial charge in [-0.2, -0.15) is 0 Å². The number of nitrogens with one attached hydrogen (secondary N) is 1. The highest BCUT2D eigenvalue weighted by atomic mass is 16.3. The number of aryl methyl sites for hydroxylation is 1. The van der Waals surface area contributed by atoms with Crippen LogP contribution in [0.3, 0.4) is 0 Å². The molecule has 0 radical (unpaired) electrons. The molecular weight excluding hydrogens is 238 g/mol. The summed E-state index contributed by atoms with van der Waals surface area (Å²) in [6, 6.07) is 13.6. The first kappa shape index (κ1) is 11.9. The van der Waals surface area contributed by atoms with Crippen molar-refractivity contribution in [2.24, 2.45) is 5.84 Å². The highest BCUT2D eigenvalue weighted by Gasteiger charge is 2.19. The minimum absolute atomic E-state index is 0.193. The standard InChI is InChI=1S/C15H15N3O/c1-10-12(6-4-8-17-10)15(18-16)14-9-11-5-2-3-7-13(11)19-14/h2-9,15,18H,16H2,1H3. The van der Waals surface area contributed by atoms with Gasteiger partial charge in [0.05, 0.1) is 0 Å². The monoisotopic (exact) mass is 253 g/mol. The van der Waals surface area contributed by atoms with Crippen LogP contribution in [-0.2, 0) is 0 Å². The quantitative estimate of drug-likeness (QED) is 0.556. The van der Waals surface area contributed by atoms with E-state index in [0.717, 1.165) is 28.0 Å². The number of hydrogen-bond acceptors (Lipinski definition) is 4. The van der Waals surface area contributed by atoms with Gasteiger partial charge in [-0.25, -0.2) is 5.43 Å². The lowest BCUT2D eigenvalue weighted by molar-refractivity contribution is 0.475. The van der Waals surface area contributed by atoms with Gasteiger partial charge in [0.1, 0.15) is 17.4 Å². The lowest BCUT2D eigenvalue weighted by atomic mass is 10.0. The largest absolute Gasteiger partial charge is 0.459 e. The molecule has 3 rings (SSSR count). The van der Waals surface area contributed by atoms with Gasteiger partial charge in [0.2, 0.25) is 0 Å². The Morgan fingerprint density at radius 1 is 1.21 bits per heavy atom. The van der Waals surface area contributed by atoms with Gasteiger partial charge >= 0.3 is 0 Å². The molecule has 0 aliphatic heterocycles. The molecule has 4 nitrogen and oxygen atoms in total. The van der Waals surface area contributed by atoms with E-state index in [2.05, 4.69) is 10.4 Å². The zero-order chi connectivity index (χ0) is 13.2. The second-order valence-corrected chi connectivity index (χ2v) is 4.46. The van der Waals surface area contributed by atoms with Crippen molar-refractivity contribution < 1.29 is 4.42 Å². The maximum Gasteiger partial charge on any atom is 0.134 e. The highest BCUT2D eigenvalue weighted by molar-refractivity contribution is 5.78. The highest BCUT2D eigenvalue weighted by Crippen LogP contribution is 2.28. The maximum atomic E-state index is 5.86. The molecule has 0 aliphatic rings. The molecule has 1 unspecified atom stereocenters. The summed E-state index contributed by atoms with van der Waals surface area (Å²) in [6.07, 6.45) is 1.77. The van der Waals surface area contributed by atoms with Crippen LogP contribution in [-0.4, -0.2) is 4.98 Å². The van der Waals surface area contributed by atoms with Crippen LogP contribution in [0.1, 0.15) is 23.1 Å². The van der Waals surface area contributed by atoms with Gasteiger partial charge in [-0.1, -0.05) is 24.3 Å². The number of hydrogen-bond donors (Lipinski definition) is 2. The van der Waals surface area contributed by atoms with Crippen LogP contribution in [0.15, 0.2) is 53.1 Å². The van der Waals surface area contributed by atoms with E-state index in [0.29, 0.717) is 0 Å². The van der Waals surface area contributed by atoms with Gasteiger partial charge in [-0.3, -0.25) is 10.8 Å². The van der Waals surface area contributed by atoms with E-state index in [4.69, 9.17) is 10.3 Å². The minimum atomic E-state index is -0.193. The van der Waals surface area contributed by atoms with Crippen LogP contribution in [0.2, 0.25) is 0 Å². The van der Waals surface area contributed by atoms with E-state index in [1.54, 1.807) is 6.20 Å². The van der Waals surface area contributed by atoms with Gasteiger partial charge in [0.15, 0.2) is 0 Å². The number of aromatic nitrogens is 1. The van der Waals surface area contributed by atoms with Crippen LogP contribution in [0, 0.1) is 6.92 Å². The van der Waals surface area contributed by atoms with E-state index in [1.807, 2.05) is 49.4 Å². The van der Waals surface area contributed by atoms with Gasteiger partial charge < -0.3 is 4.42 Å². The first-order valence-electron chi connectivity index (χ1n) is 6.15. The summed E-state index contributed by atoms with van der Waals surface area (Å²) in [6.45, 7) is 1.96. The van der Waals surface area contributed by atoms with E-state index in [-0.39, 0.29) is 6.04 Å². The molecule has 4 heteroatoms. The predicted octanol–water partition coefficient (Wildman–Crippen LogP) is 2.69. The summed E-state index contributed by atoms with van der Waals surface area (Å²) < 4.78 is 5.86. The average Bonchev–Trinajstić information content (AvgIpc) is 2.85. The number of nitrogens with zero attached hydrogens (tertiary/aromatic N) is 1. The Labute approximate surface area is 111 Å². The van der Waals surface area contributed by atoms with Crippen molar-refractivity contribution in [1.29, 1.82) is 0 Å². The molecule has 2 heterocycles. The van der Waals surface area contributed by atoms with Crippen molar-refractivity contribution in [3.05, 3.63) is 65.7 Å². The number of furan rings is 1. The Morgan fingerprint density at radius 2 is 2.05 bits per heavy atom. The Balaban J connectivity index is 2.09. The third kappa shape index (κ3) is 2.12. The average molecular weight is 253 g/mol. The molecule has 3 aromatic rings. The zero-order valence-electron chi connectivity index (χ0n) is 10.6. The summed E-state index contributed by atoms with van der Waals surface area (Å²) in [4.78, 5) is 4.29. The molecular formula is C15H15N3O. The number of pyridine rings is 1. The number of nitrogens with two attached hydrogens (primary N) is 1. The van der Waals surface area contributed by atoms with Crippen LogP contribution in [0.4, 0.5) is 0 Å². The fourth-order valence-corrected chi connectivity index (χ4v) is 2.27. The first-order valence-corrected chi connectivity index (χ1v) is 6.15. The molecule has 0 saturated heterocycles. The molecule has 19 heavy (non-hydrogen) atoms. The van der Waals surface area contributed by atoms with Crippen molar-refractivity contribution in [2.75, 3.05) is 0 Å². The van der Waals surface area contributed by atoms with Crippen LogP contribution >= 0.6 is 0 Å². The third-order valence-electron chi connectivity index (χ3n) is 3.25. The number of rotatable bonds is 3. The summed E-state index contributed by atoms with van der Waals surface area (Å²) >= 11 is 0. The molecule has 1 atom stereocenters. The summed E-state index contributed by atoms with van der Waals surface area (Å²) in [5, 5.41) is 1.07. The fourth-order valence-electron chi connectivity index (χ4n) is 2.27. The zero-order valence-corrected chi connectivity index (χ0v) is 10.6. The molecule has 0 aliphatic carbocycles. The number of fused-ring (bicyclic) bond motifs is 1. The Kier molecular flexibility index (Phi) is 3.03. The SMILES string of the molecule is Cc1ncccc1C(NN)c1cc2ccccc2o1. The van der Waals surface area contributed by atoms with Crippen molar-refractivity contribution in [3.8, 4) is 0 Å². The Morgan fingerprint density at radius 3 is 2.79 bits per heavy atom. The van der Waals surface area contributed by atoms with Crippen molar-refractivity contribution >= 4 is 11.0 Å². The molecule has 0 spiro atoms. The Bertz CT molecular complexity index is 672. The Hall–Kier alpha value is -2.17. The first-order chi connectivity index (χ1) is 9.29. The van der Waals surface area contributed by atoms with E-state index in [9.17, 15) is 0 Å². The van der Waals surface area contributed by atoms with Crippen LogP contribution in [0.25, 0.3) is 11.0 Å². The molecule has 0 saturated carbocycles. The normalized spacial score (nSPS) is 12.7. The van der Waals surface area contributed by atoms with E-state index >= 15 is 0 Å². The summed E-state index contributed by atoms with van der Waals surface area (Å²) in [5.74, 6) is 6.48. The molecule has 96 valence electrons. The predicted molar refractivity (Wildman–Crippen MR) is 74.4 cm³/mol. The molecule has 3 N–H and O–H groups in total. The molecule has 2 aromatic heterocycles. The molecule has 0 fully saturated rings. The van der Waals surface area contributed by atoms with Crippen molar-refractivity contribution in [1.82, 2.24) is 10.4 Å². The number of hydrazine groups is 1. The second-order valence-electron chi connectivity index (χ2n) is 4.46. The third-order valence-corrected chi connectivity index (χ3v) is 3.25. The summed E-state index contributed by atoms with van der Waals surface area (Å²) in [5.41, 5.74) is 5.62.